The number of hydrogen-bond acceptors (Lipinski definition) is 4. The molecule has 0 bridgehead atoms. The Morgan fingerprint density at radius 3 is 2.44 bits per heavy atom. The second-order valence-corrected chi connectivity index (χ2v) is 3.63. The van der Waals surface area contributed by atoms with Gasteiger partial charge >= 0.3 is 5.97 Å². The molecule has 0 fully saturated rings. The summed E-state index contributed by atoms with van der Waals surface area (Å²) in [6.07, 6.45) is 0. The molecule has 0 spiro atoms. The molecule has 0 aromatic heterocycles. The van der Waals surface area contributed by atoms with Gasteiger partial charge in [0.05, 0.1) is 11.3 Å². The number of hydrogen-bond donors (Lipinski definition) is 3. The minimum Gasteiger partial charge on any atom is -0.504 e. The first kappa shape index (κ1) is 11.8. The van der Waals surface area contributed by atoms with Crippen LogP contribution in [0.4, 0.5) is 5.69 Å². The normalized spacial score (nSPS) is 10.0. The molecule has 0 aliphatic heterocycles. The van der Waals surface area contributed by atoms with Crippen molar-refractivity contribution in [2.24, 2.45) is 0 Å². The van der Waals surface area contributed by atoms with Crippen LogP contribution < -0.4 is 10.5 Å². The molecule has 0 heterocycles. The van der Waals surface area contributed by atoms with Crippen LogP contribution in [-0.4, -0.2) is 16.2 Å². The summed E-state index contributed by atoms with van der Waals surface area (Å²) >= 11 is 0. The van der Waals surface area contributed by atoms with Crippen LogP contribution in [0.25, 0.3) is 0 Å². The SMILES string of the molecule is Nc1cc(C(=O)O)ccc1Oc1ccccc1O. The number of benzene rings is 2. The van der Waals surface area contributed by atoms with Gasteiger partial charge in [-0.3, -0.25) is 0 Å². The lowest BCUT2D eigenvalue weighted by Gasteiger charge is -2.10. The molecule has 2 aromatic carbocycles. The van der Waals surface area contributed by atoms with Crippen molar-refractivity contribution < 1.29 is 19.7 Å². The number of para-hydroxylation sites is 2. The summed E-state index contributed by atoms with van der Waals surface area (Å²) in [4.78, 5) is 10.7. The minimum atomic E-state index is -1.06. The Labute approximate surface area is 103 Å². The van der Waals surface area contributed by atoms with E-state index in [1.807, 2.05) is 0 Å². The molecule has 0 amide bonds. The topological polar surface area (TPSA) is 92.8 Å². The molecule has 0 saturated heterocycles. The standard InChI is InChI=1S/C13H11NO4/c14-9-7-8(13(16)17)5-6-11(9)18-12-4-2-1-3-10(12)15/h1-7,15H,14H2,(H,16,17). The molecular formula is C13H11NO4. The number of carbonyl (C=O) groups is 1. The number of aromatic hydroxyl groups is 1. The number of ether oxygens (including phenoxy) is 1. The van der Waals surface area contributed by atoms with E-state index in [1.54, 1.807) is 18.2 Å². The number of rotatable bonds is 3. The predicted octanol–water partition coefficient (Wildman–Crippen LogP) is 2.46. The third kappa shape index (κ3) is 2.35. The molecule has 18 heavy (non-hydrogen) atoms. The maximum Gasteiger partial charge on any atom is 0.335 e. The largest absolute Gasteiger partial charge is 0.504 e. The molecule has 4 N–H and O–H groups in total. The molecule has 92 valence electrons. The maximum atomic E-state index is 10.7. The van der Waals surface area contributed by atoms with Crippen molar-refractivity contribution in [3.63, 3.8) is 0 Å². The number of aromatic carboxylic acids is 1. The van der Waals surface area contributed by atoms with E-state index < -0.39 is 5.97 Å². The zero-order chi connectivity index (χ0) is 13.1. The molecule has 5 nitrogen and oxygen atoms in total. The smallest absolute Gasteiger partial charge is 0.335 e. The van der Waals surface area contributed by atoms with E-state index in [0.717, 1.165) is 0 Å². The van der Waals surface area contributed by atoms with Crippen molar-refractivity contribution >= 4 is 11.7 Å². The summed E-state index contributed by atoms with van der Waals surface area (Å²) in [5.41, 5.74) is 5.96. The Balaban J connectivity index is 2.30. The summed E-state index contributed by atoms with van der Waals surface area (Å²) in [6.45, 7) is 0. The van der Waals surface area contributed by atoms with Crippen molar-refractivity contribution in [1.29, 1.82) is 0 Å². The molecule has 0 atom stereocenters. The quantitative estimate of drug-likeness (QED) is 0.722. The van der Waals surface area contributed by atoms with Gasteiger partial charge in [-0.15, -0.1) is 0 Å². The van der Waals surface area contributed by atoms with Crippen molar-refractivity contribution in [1.82, 2.24) is 0 Å². The van der Waals surface area contributed by atoms with Crippen LogP contribution in [0.15, 0.2) is 42.5 Å². The first-order valence-corrected chi connectivity index (χ1v) is 5.16. The zero-order valence-corrected chi connectivity index (χ0v) is 9.33. The van der Waals surface area contributed by atoms with Crippen LogP contribution >= 0.6 is 0 Å². The second-order valence-electron chi connectivity index (χ2n) is 3.63. The van der Waals surface area contributed by atoms with Crippen molar-refractivity contribution in [3.8, 4) is 17.2 Å². The van der Waals surface area contributed by atoms with E-state index in [4.69, 9.17) is 15.6 Å². The van der Waals surface area contributed by atoms with Gasteiger partial charge in [-0.05, 0) is 30.3 Å². The summed E-state index contributed by atoms with van der Waals surface area (Å²) < 4.78 is 5.41. The van der Waals surface area contributed by atoms with Crippen molar-refractivity contribution in [2.75, 3.05) is 5.73 Å². The number of nitrogen functional groups attached to an aromatic ring is 1. The zero-order valence-electron chi connectivity index (χ0n) is 9.33. The van der Waals surface area contributed by atoms with Gasteiger partial charge in [0.25, 0.3) is 0 Å². The van der Waals surface area contributed by atoms with Gasteiger partial charge in [-0.1, -0.05) is 12.1 Å². The molecule has 0 radical (unpaired) electrons. The molecule has 0 unspecified atom stereocenters. The number of phenolic OH excluding ortho intramolecular Hbond substituents is 1. The van der Waals surface area contributed by atoms with E-state index in [0.29, 0.717) is 5.75 Å². The first-order valence-electron chi connectivity index (χ1n) is 5.16. The van der Waals surface area contributed by atoms with Gasteiger partial charge in [0.15, 0.2) is 17.2 Å². The molecule has 0 aliphatic carbocycles. The van der Waals surface area contributed by atoms with Crippen LogP contribution in [0.2, 0.25) is 0 Å². The Kier molecular flexibility index (Phi) is 3.05. The number of carboxylic acid groups (broad SMARTS) is 1. The third-order valence-corrected chi connectivity index (χ3v) is 2.34. The maximum absolute atomic E-state index is 10.7. The highest BCUT2D eigenvalue weighted by atomic mass is 16.5. The highest BCUT2D eigenvalue weighted by molar-refractivity contribution is 5.89. The van der Waals surface area contributed by atoms with Crippen LogP contribution in [0.3, 0.4) is 0 Å². The molecular weight excluding hydrogens is 234 g/mol. The van der Waals surface area contributed by atoms with E-state index in [-0.39, 0.29) is 22.7 Å². The van der Waals surface area contributed by atoms with Gasteiger partial charge in [0, 0.05) is 0 Å². The Morgan fingerprint density at radius 2 is 1.83 bits per heavy atom. The van der Waals surface area contributed by atoms with Gasteiger partial charge in [-0.25, -0.2) is 4.79 Å². The van der Waals surface area contributed by atoms with Crippen LogP contribution in [0.1, 0.15) is 10.4 Å². The highest BCUT2D eigenvalue weighted by Gasteiger charge is 2.09. The lowest BCUT2D eigenvalue weighted by Crippen LogP contribution is -1.99. The van der Waals surface area contributed by atoms with Gasteiger partial charge in [0.1, 0.15) is 0 Å². The van der Waals surface area contributed by atoms with Crippen LogP contribution in [0, 0.1) is 0 Å². The number of anilines is 1. The Bertz CT molecular complexity index is 595. The average Bonchev–Trinajstić information content (AvgIpc) is 2.34. The first-order chi connectivity index (χ1) is 8.58. The minimum absolute atomic E-state index is 0.0146. The highest BCUT2D eigenvalue weighted by Crippen LogP contribution is 2.33. The van der Waals surface area contributed by atoms with Gasteiger partial charge in [-0.2, -0.15) is 0 Å². The fourth-order valence-electron chi connectivity index (χ4n) is 1.44. The molecule has 2 rings (SSSR count). The van der Waals surface area contributed by atoms with E-state index in [1.165, 1.54) is 24.3 Å². The molecule has 2 aromatic rings. The van der Waals surface area contributed by atoms with E-state index in [9.17, 15) is 9.90 Å². The van der Waals surface area contributed by atoms with Gasteiger partial charge < -0.3 is 20.7 Å². The fraction of sp³-hybridized carbons (Fsp3) is 0. The number of nitrogens with two attached hydrogens (primary N) is 1. The Morgan fingerprint density at radius 1 is 1.11 bits per heavy atom. The van der Waals surface area contributed by atoms with Crippen molar-refractivity contribution in [3.05, 3.63) is 48.0 Å². The number of phenols is 1. The average molecular weight is 245 g/mol. The summed E-state index contributed by atoms with van der Waals surface area (Å²) in [7, 11) is 0. The second kappa shape index (κ2) is 4.67. The Hall–Kier alpha value is -2.69. The lowest BCUT2D eigenvalue weighted by atomic mass is 10.2. The summed E-state index contributed by atoms with van der Waals surface area (Å²) in [5, 5.41) is 18.3. The van der Waals surface area contributed by atoms with E-state index >= 15 is 0 Å². The lowest BCUT2D eigenvalue weighted by molar-refractivity contribution is 0.0697. The van der Waals surface area contributed by atoms with E-state index in [2.05, 4.69) is 0 Å². The van der Waals surface area contributed by atoms with Crippen molar-refractivity contribution in [2.45, 2.75) is 0 Å². The third-order valence-electron chi connectivity index (χ3n) is 2.34. The summed E-state index contributed by atoms with van der Waals surface area (Å²) in [5.74, 6) is -0.524. The summed E-state index contributed by atoms with van der Waals surface area (Å²) in [6, 6.07) is 10.6. The predicted molar refractivity (Wildman–Crippen MR) is 66.0 cm³/mol. The van der Waals surface area contributed by atoms with Crippen LogP contribution in [0.5, 0.6) is 17.2 Å². The van der Waals surface area contributed by atoms with Crippen LogP contribution in [-0.2, 0) is 0 Å². The molecule has 5 heteroatoms. The van der Waals surface area contributed by atoms with Gasteiger partial charge in [0.2, 0.25) is 0 Å². The fourth-order valence-corrected chi connectivity index (χ4v) is 1.44. The number of carboxylic acids is 1. The molecule has 0 aliphatic rings. The molecule has 0 saturated carbocycles. The monoisotopic (exact) mass is 245 g/mol.